The number of fused-ring (bicyclic) bond motifs is 3. The van der Waals surface area contributed by atoms with Gasteiger partial charge in [0, 0.05) is 11.8 Å². The largest absolute Gasteiger partial charge is 0.0799 e. The molecule has 334 valence electrons. The minimum Gasteiger partial charge on any atom is -0.0799 e. The first-order valence-corrected chi connectivity index (χ1v) is 24.8. The van der Waals surface area contributed by atoms with Crippen LogP contribution in [0.4, 0.5) is 0 Å². The average Bonchev–Trinajstić information content (AvgIpc) is 3.76. The maximum atomic E-state index is 2.42. The quantitative estimate of drug-likeness (QED) is 0.146. The normalized spacial score (nSPS) is 18.0. The molecule has 70 heavy (non-hydrogen) atoms. The van der Waals surface area contributed by atoms with Gasteiger partial charge in [0.25, 0.3) is 0 Å². The molecule has 2 atom stereocenters. The van der Waals surface area contributed by atoms with E-state index < -0.39 is 0 Å². The van der Waals surface area contributed by atoms with Crippen molar-refractivity contribution in [3.05, 3.63) is 370 Å². The molecule has 0 amide bonds. The zero-order valence-corrected chi connectivity index (χ0v) is 39.2. The fraction of sp³-hybridized carbons (Fsp3) is 0.0857. The van der Waals surface area contributed by atoms with Gasteiger partial charge >= 0.3 is 0 Å². The Kier molecular flexibility index (Phi) is 11.4. The summed E-state index contributed by atoms with van der Waals surface area (Å²) in [5.41, 5.74) is 18.8. The van der Waals surface area contributed by atoms with E-state index in [4.69, 9.17) is 0 Å². The first-order chi connectivity index (χ1) is 34.8. The second-order valence-corrected chi connectivity index (χ2v) is 18.9. The van der Waals surface area contributed by atoms with Gasteiger partial charge in [-0.25, -0.2) is 0 Å². The Labute approximate surface area is 413 Å². The van der Waals surface area contributed by atoms with Crippen molar-refractivity contribution in [2.75, 3.05) is 0 Å². The van der Waals surface area contributed by atoms with Crippen molar-refractivity contribution < 1.29 is 0 Å². The molecule has 0 saturated carbocycles. The molecular formula is C70H54. The first kappa shape index (κ1) is 43.0. The van der Waals surface area contributed by atoms with Gasteiger partial charge in [0.2, 0.25) is 0 Å². The average molecular weight is 895 g/mol. The molecule has 0 saturated heterocycles. The molecule has 0 radical (unpaired) electrons. The molecule has 0 heterocycles. The van der Waals surface area contributed by atoms with Gasteiger partial charge < -0.3 is 0 Å². The predicted molar refractivity (Wildman–Crippen MR) is 290 cm³/mol. The third-order valence-corrected chi connectivity index (χ3v) is 15.5. The molecule has 5 aliphatic rings. The van der Waals surface area contributed by atoms with Crippen molar-refractivity contribution in [1.29, 1.82) is 0 Å². The summed E-state index contributed by atoms with van der Waals surface area (Å²) in [7, 11) is 0. The molecule has 10 aromatic carbocycles. The highest BCUT2D eigenvalue weighted by atomic mass is 14.5. The van der Waals surface area contributed by atoms with E-state index in [1.165, 1.54) is 55.6 Å². The van der Waals surface area contributed by atoms with Gasteiger partial charge in [-0.05, 0) is 89.7 Å². The summed E-state index contributed by atoms with van der Waals surface area (Å²) in [5, 5.41) is 0. The number of allylic oxidation sites excluding steroid dienone is 4. The number of rotatable bonds is 6. The molecule has 0 N–H and O–H groups in total. The van der Waals surface area contributed by atoms with E-state index in [2.05, 4.69) is 303 Å². The lowest BCUT2D eigenvalue weighted by molar-refractivity contribution is 0.331. The van der Waals surface area contributed by atoms with E-state index in [1.807, 2.05) is 0 Å². The standard InChI is InChI=1S/C25H18.C25H20.C20H16/c1-3-11-19(12-4-1)25(20-13-5-2-6-14-20)23-17-9-7-15-21(23)22-16-8-10-18-24(22)25;1-5-13-21(14-6-1)25(22-15-7-2-8-16-22,23-17-9-3-10-18-23)24-19-11-4-12-20-24;1-2-8-14-13(7-1)19-15-9-3-5-11-17(15)20(14)18-12-6-4-10-16(18)19/h1-18H;1-20H;1-14,19-20H. The number of hydrogen-bond acceptors (Lipinski definition) is 0. The van der Waals surface area contributed by atoms with Crippen LogP contribution in [-0.4, -0.2) is 0 Å². The van der Waals surface area contributed by atoms with E-state index in [0.717, 1.165) is 0 Å². The predicted octanol–water partition coefficient (Wildman–Crippen LogP) is 16.8. The molecule has 2 bridgehead atoms. The highest BCUT2D eigenvalue weighted by molar-refractivity contribution is 5.86. The molecule has 15 rings (SSSR count). The van der Waals surface area contributed by atoms with Crippen LogP contribution in [0.3, 0.4) is 0 Å². The smallest absolute Gasteiger partial charge is 0.0713 e. The van der Waals surface area contributed by atoms with E-state index >= 15 is 0 Å². The van der Waals surface area contributed by atoms with E-state index in [1.54, 1.807) is 22.3 Å². The van der Waals surface area contributed by atoms with Crippen LogP contribution in [0.1, 0.15) is 78.6 Å². The number of benzene rings is 10. The Morgan fingerprint density at radius 3 is 0.829 bits per heavy atom. The van der Waals surface area contributed by atoms with Crippen molar-refractivity contribution in [3.8, 4) is 11.1 Å². The Bertz CT molecular complexity index is 2960. The van der Waals surface area contributed by atoms with Gasteiger partial charge in [0.15, 0.2) is 0 Å². The Balaban J connectivity index is 0.000000109. The van der Waals surface area contributed by atoms with Crippen LogP contribution in [0.5, 0.6) is 0 Å². The van der Waals surface area contributed by atoms with Crippen molar-refractivity contribution in [2.45, 2.75) is 22.7 Å². The zero-order valence-electron chi connectivity index (χ0n) is 39.2. The second kappa shape index (κ2) is 18.6. The molecule has 0 fully saturated rings. The van der Waals surface area contributed by atoms with Crippen LogP contribution in [0.15, 0.2) is 303 Å². The molecule has 0 heteroatoms. The van der Waals surface area contributed by atoms with Gasteiger partial charge in [-0.15, -0.1) is 0 Å². The number of hydrogen-bond donors (Lipinski definition) is 0. The lowest BCUT2D eigenvalue weighted by Crippen LogP contribution is -2.38. The van der Waals surface area contributed by atoms with E-state index in [-0.39, 0.29) is 10.8 Å². The monoisotopic (exact) mass is 894 g/mol. The summed E-state index contributed by atoms with van der Waals surface area (Å²) in [6.45, 7) is 0. The first-order valence-electron chi connectivity index (χ1n) is 24.8. The SMILES string of the molecule is C1=CC2C3c4ccccc4C(c4ccccc43)C2C=C1.c1ccc(C(c2ccccc2)(c2ccccc2)c2ccccc2)cc1.c1ccc(C2(c3ccccc3)c3ccccc3-c3ccccc32)cc1. The van der Waals surface area contributed by atoms with E-state index in [0.29, 0.717) is 23.7 Å². The summed E-state index contributed by atoms with van der Waals surface area (Å²) in [6, 6.07) is 101. The van der Waals surface area contributed by atoms with Crippen molar-refractivity contribution in [3.63, 3.8) is 0 Å². The lowest BCUT2D eigenvalue weighted by atomic mass is 9.53. The third kappa shape index (κ3) is 7.05. The molecule has 0 spiro atoms. The lowest BCUT2D eigenvalue weighted by Gasteiger charge is -2.49. The molecule has 0 aliphatic heterocycles. The summed E-state index contributed by atoms with van der Waals surface area (Å²) in [6.07, 6.45) is 9.31. The minimum absolute atomic E-state index is 0.254. The summed E-state index contributed by atoms with van der Waals surface area (Å²) >= 11 is 0. The maximum absolute atomic E-state index is 2.42. The topological polar surface area (TPSA) is 0 Å². The van der Waals surface area contributed by atoms with Crippen LogP contribution < -0.4 is 0 Å². The highest BCUT2D eigenvalue weighted by Gasteiger charge is 2.48. The van der Waals surface area contributed by atoms with Gasteiger partial charge in [-0.1, -0.05) is 303 Å². The van der Waals surface area contributed by atoms with Gasteiger partial charge in [0.1, 0.15) is 0 Å². The van der Waals surface area contributed by atoms with Gasteiger partial charge in [-0.2, -0.15) is 0 Å². The zero-order chi connectivity index (χ0) is 46.7. The van der Waals surface area contributed by atoms with Gasteiger partial charge in [-0.3, -0.25) is 0 Å². The Morgan fingerprint density at radius 1 is 0.257 bits per heavy atom. The molecule has 2 unspecified atom stereocenters. The van der Waals surface area contributed by atoms with Crippen molar-refractivity contribution in [1.82, 2.24) is 0 Å². The van der Waals surface area contributed by atoms with Crippen LogP contribution in [-0.2, 0) is 10.8 Å². The summed E-state index contributed by atoms with van der Waals surface area (Å²) < 4.78 is 0. The van der Waals surface area contributed by atoms with Crippen molar-refractivity contribution in [2.24, 2.45) is 11.8 Å². The van der Waals surface area contributed by atoms with Crippen LogP contribution in [0, 0.1) is 11.8 Å². The van der Waals surface area contributed by atoms with Crippen molar-refractivity contribution >= 4 is 0 Å². The van der Waals surface area contributed by atoms with Gasteiger partial charge in [0.05, 0.1) is 10.8 Å². The van der Waals surface area contributed by atoms with Crippen LogP contribution in [0.2, 0.25) is 0 Å². The minimum atomic E-state index is -0.328. The Morgan fingerprint density at radius 2 is 0.514 bits per heavy atom. The Hall–Kier alpha value is -8.32. The molecule has 10 aromatic rings. The second-order valence-electron chi connectivity index (χ2n) is 18.9. The summed E-state index contributed by atoms with van der Waals surface area (Å²) in [5.74, 6) is 2.35. The molecule has 0 nitrogen and oxygen atoms in total. The fourth-order valence-corrected chi connectivity index (χ4v) is 12.8. The summed E-state index contributed by atoms with van der Waals surface area (Å²) in [4.78, 5) is 0. The van der Waals surface area contributed by atoms with Crippen LogP contribution >= 0.6 is 0 Å². The third-order valence-electron chi connectivity index (χ3n) is 15.5. The maximum Gasteiger partial charge on any atom is 0.0713 e. The van der Waals surface area contributed by atoms with Crippen LogP contribution in [0.25, 0.3) is 11.1 Å². The highest BCUT2D eigenvalue weighted by Crippen LogP contribution is 2.60. The molecule has 0 aromatic heterocycles. The van der Waals surface area contributed by atoms with E-state index in [9.17, 15) is 0 Å². The molecular weight excluding hydrogens is 841 g/mol. The molecule has 5 aliphatic carbocycles. The fourth-order valence-electron chi connectivity index (χ4n) is 12.8.